The smallest absolute Gasteiger partial charge is 0.244 e. The monoisotopic (exact) mass is 314 g/mol. The second-order valence-electron chi connectivity index (χ2n) is 5.01. The van der Waals surface area contributed by atoms with E-state index in [0.717, 1.165) is 13.1 Å². The van der Waals surface area contributed by atoms with Gasteiger partial charge in [-0.05, 0) is 20.0 Å². The van der Waals surface area contributed by atoms with Crippen molar-refractivity contribution >= 4 is 15.7 Å². The Hall–Kier alpha value is -1.22. The number of sulfonamides is 1. The molecule has 0 saturated carbocycles. The Morgan fingerprint density at radius 2 is 2.33 bits per heavy atom. The molecule has 8 heteroatoms. The van der Waals surface area contributed by atoms with Crippen LogP contribution in [0.25, 0.3) is 0 Å². The molecule has 0 bridgehead atoms. The highest BCUT2D eigenvalue weighted by atomic mass is 32.2. The summed E-state index contributed by atoms with van der Waals surface area (Å²) in [5.74, 6) is 0. The first kappa shape index (κ1) is 16.2. The van der Waals surface area contributed by atoms with E-state index in [9.17, 15) is 8.42 Å². The summed E-state index contributed by atoms with van der Waals surface area (Å²) in [4.78, 5) is 6.19. The van der Waals surface area contributed by atoms with Crippen LogP contribution in [0.4, 0.5) is 5.69 Å². The van der Waals surface area contributed by atoms with Crippen molar-refractivity contribution in [1.29, 1.82) is 0 Å². The predicted octanol–water partition coefficient (Wildman–Crippen LogP) is 0.122. The van der Waals surface area contributed by atoms with Gasteiger partial charge in [-0.3, -0.25) is 4.98 Å². The summed E-state index contributed by atoms with van der Waals surface area (Å²) in [5, 5.41) is 3.03. The van der Waals surface area contributed by atoms with Crippen LogP contribution in [0.3, 0.4) is 0 Å². The van der Waals surface area contributed by atoms with Gasteiger partial charge in [-0.15, -0.1) is 0 Å². The average molecular weight is 314 g/mol. The van der Waals surface area contributed by atoms with Crippen molar-refractivity contribution in [3.63, 3.8) is 0 Å². The van der Waals surface area contributed by atoms with E-state index in [2.05, 4.69) is 19.9 Å². The van der Waals surface area contributed by atoms with Crippen LogP contribution in [0.2, 0.25) is 0 Å². The zero-order chi connectivity index (χ0) is 15.3. The van der Waals surface area contributed by atoms with Crippen molar-refractivity contribution in [3.8, 4) is 0 Å². The van der Waals surface area contributed by atoms with Gasteiger partial charge in [-0.25, -0.2) is 13.1 Å². The molecule has 0 amide bonds. The van der Waals surface area contributed by atoms with Crippen molar-refractivity contribution in [2.75, 3.05) is 45.2 Å². The molecule has 0 aromatic carbocycles. The molecule has 118 valence electrons. The van der Waals surface area contributed by atoms with Crippen LogP contribution in [0.1, 0.15) is 6.92 Å². The average Bonchev–Trinajstić information content (AvgIpc) is 2.46. The molecule has 1 aromatic heterocycles. The predicted molar refractivity (Wildman–Crippen MR) is 80.8 cm³/mol. The third-order valence-corrected chi connectivity index (χ3v) is 4.74. The van der Waals surface area contributed by atoms with E-state index < -0.39 is 10.0 Å². The first-order valence-corrected chi connectivity index (χ1v) is 8.49. The zero-order valence-electron chi connectivity index (χ0n) is 12.4. The molecule has 7 nitrogen and oxygen atoms in total. The van der Waals surface area contributed by atoms with E-state index in [-0.39, 0.29) is 17.5 Å². The van der Waals surface area contributed by atoms with Crippen molar-refractivity contribution in [3.05, 3.63) is 18.5 Å². The normalized spacial score (nSPS) is 20.4. The minimum atomic E-state index is -3.60. The fourth-order valence-corrected chi connectivity index (χ4v) is 3.39. The number of anilines is 1. The Labute approximate surface area is 125 Å². The minimum Gasteiger partial charge on any atom is -0.384 e. The fraction of sp³-hybridized carbons (Fsp3) is 0.615. The van der Waals surface area contributed by atoms with E-state index in [4.69, 9.17) is 4.74 Å². The highest BCUT2D eigenvalue weighted by molar-refractivity contribution is 7.89. The van der Waals surface area contributed by atoms with Crippen molar-refractivity contribution in [2.24, 2.45) is 0 Å². The first-order chi connectivity index (χ1) is 10.0. The van der Waals surface area contributed by atoms with Gasteiger partial charge in [0.25, 0.3) is 0 Å². The number of hydrogen-bond donors (Lipinski definition) is 2. The number of aromatic nitrogens is 1. The number of likely N-dealkylation sites (N-methyl/N-ethyl adjacent to an activating group) is 1. The third kappa shape index (κ3) is 4.37. The molecule has 1 aromatic rings. The molecule has 0 radical (unpaired) electrons. The quantitative estimate of drug-likeness (QED) is 0.776. The molecule has 0 spiro atoms. The number of rotatable bonds is 6. The highest BCUT2D eigenvalue weighted by Gasteiger charge is 2.23. The van der Waals surface area contributed by atoms with Crippen LogP contribution in [0, 0.1) is 0 Å². The molecule has 1 aliphatic rings. The molecular formula is C13H22N4O3S. The second kappa shape index (κ2) is 7.17. The lowest BCUT2D eigenvalue weighted by Crippen LogP contribution is -2.45. The molecule has 2 rings (SSSR count). The topological polar surface area (TPSA) is 83.6 Å². The summed E-state index contributed by atoms with van der Waals surface area (Å²) < 4.78 is 32.9. The van der Waals surface area contributed by atoms with Crippen LogP contribution in [-0.4, -0.2) is 64.2 Å². The van der Waals surface area contributed by atoms with Gasteiger partial charge in [-0.1, -0.05) is 0 Å². The van der Waals surface area contributed by atoms with E-state index >= 15 is 0 Å². The number of morpholine rings is 1. The summed E-state index contributed by atoms with van der Waals surface area (Å²) in [5.41, 5.74) is 0.557. The standard InChI is InChI=1S/C13H22N4O3S/c1-3-15-12-4-5-14-9-13(12)21(18,19)16-8-11-10-17(2)6-7-20-11/h4-5,9,11,16H,3,6-8,10H2,1-2H3,(H,14,15). The summed E-state index contributed by atoms with van der Waals surface area (Å²) in [7, 11) is -1.61. The summed E-state index contributed by atoms with van der Waals surface area (Å²) in [6, 6.07) is 1.66. The lowest BCUT2D eigenvalue weighted by atomic mass is 10.3. The van der Waals surface area contributed by atoms with Gasteiger partial charge < -0.3 is 15.0 Å². The molecule has 1 atom stereocenters. The van der Waals surface area contributed by atoms with Gasteiger partial charge in [-0.2, -0.15) is 0 Å². The molecule has 1 unspecified atom stereocenters. The molecule has 21 heavy (non-hydrogen) atoms. The Morgan fingerprint density at radius 1 is 1.52 bits per heavy atom. The summed E-state index contributed by atoms with van der Waals surface area (Å²) in [6.45, 7) is 5.02. The van der Waals surface area contributed by atoms with Crippen LogP contribution in [-0.2, 0) is 14.8 Å². The summed E-state index contributed by atoms with van der Waals surface area (Å²) in [6.07, 6.45) is 2.79. The van der Waals surface area contributed by atoms with Gasteiger partial charge in [0.2, 0.25) is 10.0 Å². The number of nitrogens with one attached hydrogen (secondary N) is 2. The molecule has 2 N–H and O–H groups in total. The summed E-state index contributed by atoms with van der Waals surface area (Å²) >= 11 is 0. The molecule has 2 heterocycles. The lowest BCUT2D eigenvalue weighted by molar-refractivity contribution is -0.0156. The van der Waals surface area contributed by atoms with Crippen molar-refractivity contribution in [1.82, 2.24) is 14.6 Å². The van der Waals surface area contributed by atoms with Gasteiger partial charge in [0.15, 0.2) is 0 Å². The van der Waals surface area contributed by atoms with Crippen LogP contribution in [0.5, 0.6) is 0 Å². The fourth-order valence-electron chi connectivity index (χ4n) is 2.20. The van der Waals surface area contributed by atoms with Gasteiger partial charge in [0, 0.05) is 38.6 Å². The SMILES string of the molecule is CCNc1ccncc1S(=O)(=O)NCC1CN(C)CCO1. The van der Waals surface area contributed by atoms with Crippen molar-refractivity contribution in [2.45, 2.75) is 17.9 Å². The second-order valence-corrected chi connectivity index (χ2v) is 6.74. The highest BCUT2D eigenvalue weighted by Crippen LogP contribution is 2.19. The van der Waals surface area contributed by atoms with E-state index in [0.29, 0.717) is 18.8 Å². The largest absolute Gasteiger partial charge is 0.384 e. The Morgan fingerprint density at radius 3 is 3.05 bits per heavy atom. The molecule has 1 fully saturated rings. The van der Waals surface area contributed by atoms with Crippen LogP contribution in [0.15, 0.2) is 23.4 Å². The lowest BCUT2D eigenvalue weighted by Gasteiger charge is -2.30. The maximum atomic E-state index is 12.4. The number of pyridine rings is 1. The molecule has 1 aliphatic heterocycles. The maximum absolute atomic E-state index is 12.4. The number of ether oxygens (including phenoxy) is 1. The molecular weight excluding hydrogens is 292 g/mol. The van der Waals surface area contributed by atoms with Gasteiger partial charge >= 0.3 is 0 Å². The Kier molecular flexibility index (Phi) is 5.51. The van der Waals surface area contributed by atoms with E-state index in [1.165, 1.54) is 6.20 Å². The molecule has 0 aliphatic carbocycles. The van der Waals surface area contributed by atoms with Crippen LogP contribution < -0.4 is 10.0 Å². The van der Waals surface area contributed by atoms with Crippen LogP contribution >= 0.6 is 0 Å². The van der Waals surface area contributed by atoms with E-state index in [1.807, 2.05) is 14.0 Å². The van der Waals surface area contributed by atoms with E-state index in [1.54, 1.807) is 12.3 Å². The first-order valence-electron chi connectivity index (χ1n) is 7.00. The molecule has 1 saturated heterocycles. The third-order valence-electron chi connectivity index (χ3n) is 3.28. The number of hydrogen-bond acceptors (Lipinski definition) is 6. The minimum absolute atomic E-state index is 0.127. The van der Waals surface area contributed by atoms with Crippen molar-refractivity contribution < 1.29 is 13.2 Å². The zero-order valence-corrected chi connectivity index (χ0v) is 13.2. The number of nitrogens with zero attached hydrogens (tertiary/aromatic N) is 2. The van der Waals surface area contributed by atoms with Gasteiger partial charge in [0.05, 0.1) is 18.4 Å². The maximum Gasteiger partial charge on any atom is 0.244 e. The Balaban J connectivity index is 2.04. The van der Waals surface area contributed by atoms with Gasteiger partial charge in [0.1, 0.15) is 4.90 Å². The Bertz CT molecular complexity index is 564.